The molecule has 0 bridgehead atoms. The zero-order valence-electron chi connectivity index (χ0n) is 24.4. The Morgan fingerprint density at radius 2 is 1.59 bits per heavy atom. The molecule has 3 aromatic rings. The standard InChI is InChI=1S/C32H40FN3O4S/c1-24-11-9-14-28(21-24)36(41(5,39)40)20-10-15-30(37)35(23-26-16-18-27(33)19-17-26)29(31(38)34-32(2,3)4)22-25-12-7-6-8-13-25/h6-9,11-14,16-19,21,29H,10,15,20,22-23H2,1-5H3,(H,34,38)/t29-/m1/s1. The number of aryl methyl sites for hydroxylation is 1. The van der Waals surface area contributed by atoms with Gasteiger partial charge in [-0.25, -0.2) is 12.8 Å². The van der Waals surface area contributed by atoms with Crippen molar-refractivity contribution in [3.63, 3.8) is 0 Å². The van der Waals surface area contributed by atoms with Gasteiger partial charge in [-0.1, -0.05) is 54.6 Å². The van der Waals surface area contributed by atoms with Gasteiger partial charge < -0.3 is 10.2 Å². The average Bonchev–Trinajstić information content (AvgIpc) is 2.88. The Kier molecular flexibility index (Phi) is 10.7. The van der Waals surface area contributed by atoms with Crippen LogP contribution in [0.1, 0.15) is 50.3 Å². The van der Waals surface area contributed by atoms with Crippen LogP contribution in [0.3, 0.4) is 0 Å². The lowest BCUT2D eigenvalue weighted by molar-refractivity contribution is -0.142. The summed E-state index contributed by atoms with van der Waals surface area (Å²) in [6, 6.07) is 21.7. The summed E-state index contributed by atoms with van der Waals surface area (Å²) in [5.41, 5.74) is 2.50. The van der Waals surface area contributed by atoms with Crippen LogP contribution in [0.5, 0.6) is 0 Å². The highest BCUT2D eigenvalue weighted by Crippen LogP contribution is 2.21. The summed E-state index contributed by atoms with van der Waals surface area (Å²) >= 11 is 0. The molecule has 3 rings (SSSR count). The summed E-state index contributed by atoms with van der Waals surface area (Å²) in [7, 11) is -3.59. The quantitative estimate of drug-likeness (QED) is 0.317. The van der Waals surface area contributed by atoms with Gasteiger partial charge >= 0.3 is 0 Å². The zero-order chi connectivity index (χ0) is 30.2. The third kappa shape index (κ3) is 10.0. The number of hydrogen-bond acceptors (Lipinski definition) is 4. The van der Waals surface area contributed by atoms with Crippen LogP contribution in [-0.4, -0.2) is 49.5 Å². The van der Waals surface area contributed by atoms with Gasteiger partial charge in [-0.15, -0.1) is 0 Å². The van der Waals surface area contributed by atoms with Crippen molar-refractivity contribution in [2.75, 3.05) is 17.1 Å². The number of nitrogens with one attached hydrogen (secondary N) is 1. The molecule has 0 radical (unpaired) electrons. The minimum absolute atomic E-state index is 0.0210. The van der Waals surface area contributed by atoms with E-state index in [9.17, 15) is 22.4 Å². The monoisotopic (exact) mass is 581 g/mol. The molecule has 0 saturated heterocycles. The second-order valence-corrected chi connectivity index (χ2v) is 13.3. The van der Waals surface area contributed by atoms with Crippen molar-refractivity contribution in [1.82, 2.24) is 10.2 Å². The highest BCUT2D eigenvalue weighted by Gasteiger charge is 2.32. The van der Waals surface area contributed by atoms with Crippen LogP contribution in [0.2, 0.25) is 0 Å². The van der Waals surface area contributed by atoms with Crippen molar-refractivity contribution in [3.05, 3.63) is 101 Å². The van der Waals surface area contributed by atoms with E-state index >= 15 is 0 Å². The van der Waals surface area contributed by atoms with Gasteiger partial charge in [-0.05, 0) is 75.1 Å². The van der Waals surface area contributed by atoms with Gasteiger partial charge in [0.1, 0.15) is 11.9 Å². The van der Waals surface area contributed by atoms with E-state index in [2.05, 4.69) is 5.32 Å². The molecule has 0 saturated carbocycles. The highest BCUT2D eigenvalue weighted by molar-refractivity contribution is 7.92. The molecule has 9 heteroatoms. The van der Waals surface area contributed by atoms with Crippen molar-refractivity contribution in [2.45, 2.75) is 65.1 Å². The summed E-state index contributed by atoms with van der Waals surface area (Å²) in [5.74, 6) is -0.985. The van der Waals surface area contributed by atoms with Crippen molar-refractivity contribution >= 4 is 27.5 Å². The maximum atomic E-state index is 13.8. The maximum absolute atomic E-state index is 13.8. The number of anilines is 1. The van der Waals surface area contributed by atoms with Crippen molar-refractivity contribution in [3.8, 4) is 0 Å². The fraction of sp³-hybridized carbons (Fsp3) is 0.375. The van der Waals surface area contributed by atoms with Crippen molar-refractivity contribution in [2.24, 2.45) is 0 Å². The Bertz CT molecular complexity index is 1420. The molecule has 0 heterocycles. The number of benzene rings is 3. The lowest BCUT2D eigenvalue weighted by Gasteiger charge is -2.34. The van der Waals surface area contributed by atoms with E-state index in [4.69, 9.17) is 0 Å². The SMILES string of the molecule is Cc1cccc(N(CCCC(=O)N(Cc2ccc(F)cc2)[C@H](Cc2ccccc2)C(=O)NC(C)(C)C)S(C)(=O)=O)c1. The molecular weight excluding hydrogens is 541 g/mol. The van der Waals surface area contributed by atoms with Crippen LogP contribution in [0, 0.1) is 12.7 Å². The largest absolute Gasteiger partial charge is 0.350 e. The topological polar surface area (TPSA) is 86.8 Å². The van der Waals surface area contributed by atoms with Gasteiger partial charge in [0.15, 0.2) is 0 Å². The third-order valence-corrected chi connectivity index (χ3v) is 7.67. The number of carbonyl (C=O) groups excluding carboxylic acids is 2. The molecule has 3 aromatic carbocycles. The normalized spacial score (nSPS) is 12.4. The maximum Gasteiger partial charge on any atom is 0.243 e. The number of amides is 2. The van der Waals surface area contributed by atoms with E-state index in [1.165, 1.54) is 21.3 Å². The second kappa shape index (κ2) is 13.8. The van der Waals surface area contributed by atoms with Crippen LogP contribution in [-0.2, 0) is 32.6 Å². The number of sulfonamides is 1. The first-order chi connectivity index (χ1) is 19.2. The molecule has 0 aromatic heterocycles. The van der Waals surface area contributed by atoms with E-state index in [0.717, 1.165) is 17.4 Å². The molecule has 1 atom stereocenters. The van der Waals surface area contributed by atoms with Crippen molar-refractivity contribution < 1.29 is 22.4 Å². The van der Waals surface area contributed by atoms with Crippen LogP contribution in [0.4, 0.5) is 10.1 Å². The van der Waals surface area contributed by atoms with Crippen molar-refractivity contribution in [1.29, 1.82) is 0 Å². The van der Waals surface area contributed by atoms with Gasteiger partial charge in [0.25, 0.3) is 0 Å². The molecule has 2 amide bonds. The van der Waals surface area contributed by atoms with Crippen LogP contribution >= 0.6 is 0 Å². The molecule has 0 aliphatic carbocycles. The third-order valence-electron chi connectivity index (χ3n) is 6.48. The highest BCUT2D eigenvalue weighted by atomic mass is 32.2. The molecular formula is C32H40FN3O4S. The van der Waals surface area contributed by atoms with E-state index in [1.807, 2.05) is 64.1 Å². The van der Waals surface area contributed by atoms with E-state index < -0.39 is 27.4 Å². The van der Waals surface area contributed by atoms with Crippen LogP contribution in [0.25, 0.3) is 0 Å². The number of nitrogens with zero attached hydrogens (tertiary/aromatic N) is 2. The van der Waals surface area contributed by atoms with Gasteiger partial charge in [0.05, 0.1) is 11.9 Å². The number of rotatable bonds is 12. The average molecular weight is 582 g/mol. The molecule has 0 spiro atoms. The first-order valence-electron chi connectivity index (χ1n) is 13.7. The zero-order valence-corrected chi connectivity index (χ0v) is 25.2. The smallest absolute Gasteiger partial charge is 0.243 e. The second-order valence-electron chi connectivity index (χ2n) is 11.4. The summed E-state index contributed by atoms with van der Waals surface area (Å²) in [6.45, 7) is 7.72. The summed E-state index contributed by atoms with van der Waals surface area (Å²) in [5, 5.41) is 3.01. The molecule has 1 N–H and O–H groups in total. The molecule has 220 valence electrons. The Hall–Kier alpha value is -3.72. The summed E-state index contributed by atoms with van der Waals surface area (Å²) in [4.78, 5) is 29.0. The predicted molar refractivity (Wildman–Crippen MR) is 161 cm³/mol. The fourth-order valence-electron chi connectivity index (χ4n) is 4.58. The molecule has 41 heavy (non-hydrogen) atoms. The van der Waals surface area contributed by atoms with Crippen LogP contribution < -0.4 is 9.62 Å². The first-order valence-corrected chi connectivity index (χ1v) is 15.5. The van der Waals surface area contributed by atoms with Crippen LogP contribution in [0.15, 0.2) is 78.9 Å². The Morgan fingerprint density at radius 1 is 0.927 bits per heavy atom. The molecule has 7 nitrogen and oxygen atoms in total. The van der Waals surface area contributed by atoms with Gasteiger partial charge in [-0.3, -0.25) is 13.9 Å². The lowest BCUT2D eigenvalue weighted by Crippen LogP contribution is -2.54. The number of carbonyl (C=O) groups is 2. The molecule has 0 fully saturated rings. The number of hydrogen-bond donors (Lipinski definition) is 1. The van der Waals surface area contributed by atoms with Gasteiger partial charge in [0.2, 0.25) is 21.8 Å². The van der Waals surface area contributed by atoms with E-state index in [-0.39, 0.29) is 44.2 Å². The Morgan fingerprint density at radius 3 is 2.17 bits per heavy atom. The van der Waals surface area contributed by atoms with Gasteiger partial charge in [0, 0.05) is 31.5 Å². The lowest BCUT2D eigenvalue weighted by atomic mass is 10.00. The minimum atomic E-state index is -3.59. The molecule has 0 aliphatic rings. The molecule has 0 aliphatic heterocycles. The number of halogens is 1. The summed E-state index contributed by atoms with van der Waals surface area (Å²) < 4.78 is 40.1. The first kappa shape index (κ1) is 31.8. The minimum Gasteiger partial charge on any atom is -0.350 e. The summed E-state index contributed by atoms with van der Waals surface area (Å²) in [6.07, 6.45) is 1.70. The molecule has 0 unspecified atom stereocenters. The van der Waals surface area contributed by atoms with Gasteiger partial charge in [-0.2, -0.15) is 0 Å². The Labute approximate surface area is 243 Å². The Balaban J connectivity index is 1.90. The fourth-order valence-corrected chi connectivity index (χ4v) is 5.54. The van der Waals surface area contributed by atoms with E-state index in [0.29, 0.717) is 11.3 Å². The van der Waals surface area contributed by atoms with E-state index in [1.54, 1.807) is 30.3 Å². The predicted octanol–water partition coefficient (Wildman–Crippen LogP) is 5.24.